The Morgan fingerprint density at radius 2 is 2.19 bits per heavy atom. The summed E-state index contributed by atoms with van der Waals surface area (Å²) in [4.78, 5) is 0. The second-order valence-corrected chi connectivity index (χ2v) is 4.10. The Morgan fingerprint density at radius 3 is 2.88 bits per heavy atom. The van der Waals surface area contributed by atoms with Gasteiger partial charge in [-0.3, -0.25) is 0 Å². The molecule has 0 spiro atoms. The molecule has 1 heterocycles. The minimum atomic E-state index is 0.698. The third-order valence-corrected chi connectivity index (χ3v) is 2.44. The average Bonchev–Trinajstić information content (AvgIpc) is 2.64. The molecule has 0 saturated carbocycles. The first-order valence-electron chi connectivity index (χ1n) is 5.11. The smallest absolute Gasteiger partial charge is 0.133 e. The molecule has 0 fully saturated rings. The molecule has 0 unspecified atom stereocenters. The summed E-state index contributed by atoms with van der Waals surface area (Å²) in [7, 11) is 0. The lowest BCUT2D eigenvalue weighted by molar-refractivity contribution is 0.388. The third-order valence-electron chi connectivity index (χ3n) is 2.20. The summed E-state index contributed by atoms with van der Waals surface area (Å²) in [6, 6.07) is 9.71. The number of benzene rings is 1. The maximum absolute atomic E-state index is 5.89. The lowest BCUT2D eigenvalue weighted by Gasteiger charge is -2.02. The fraction of sp³-hybridized carbons (Fsp3) is 0.250. The molecule has 3 nitrogen and oxygen atoms in total. The molecule has 0 aliphatic rings. The zero-order valence-corrected chi connectivity index (χ0v) is 9.79. The van der Waals surface area contributed by atoms with E-state index in [-0.39, 0.29) is 0 Å². The number of halogens is 1. The molecule has 84 valence electrons. The quantitative estimate of drug-likeness (QED) is 0.887. The summed E-state index contributed by atoms with van der Waals surface area (Å²) in [6.07, 6.45) is 0. The first kappa shape index (κ1) is 11.2. The van der Waals surface area contributed by atoms with Crippen LogP contribution in [0.5, 0.6) is 0 Å². The second-order valence-electron chi connectivity index (χ2n) is 3.66. The van der Waals surface area contributed by atoms with Gasteiger partial charge in [-0.15, -0.1) is 0 Å². The van der Waals surface area contributed by atoms with Gasteiger partial charge < -0.3 is 9.84 Å². The first-order chi connectivity index (χ1) is 7.74. The van der Waals surface area contributed by atoms with Gasteiger partial charge in [0.05, 0.1) is 5.69 Å². The van der Waals surface area contributed by atoms with Gasteiger partial charge in [0.25, 0.3) is 0 Å². The Labute approximate surface area is 99.4 Å². The lowest BCUT2D eigenvalue weighted by atomic mass is 10.2. The van der Waals surface area contributed by atoms with Crippen molar-refractivity contribution >= 4 is 11.6 Å². The number of nitrogens with zero attached hydrogens (tertiary/aromatic N) is 1. The Bertz CT molecular complexity index is 468. The van der Waals surface area contributed by atoms with Crippen LogP contribution in [0.25, 0.3) is 0 Å². The SMILES string of the molecule is Cc1cc(CNCc2cccc(Cl)c2)no1. The van der Waals surface area contributed by atoms with E-state index in [1.807, 2.05) is 37.3 Å². The predicted octanol–water partition coefficient (Wildman–Crippen LogP) is 2.93. The van der Waals surface area contributed by atoms with Crippen molar-refractivity contribution in [2.45, 2.75) is 20.0 Å². The number of aryl methyl sites for hydroxylation is 1. The van der Waals surface area contributed by atoms with Gasteiger partial charge >= 0.3 is 0 Å². The van der Waals surface area contributed by atoms with Gasteiger partial charge in [0.2, 0.25) is 0 Å². The van der Waals surface area contributed by atoms with Crippen LogP contribution in [0, 0.1) is 6.92 Å². The molecule has 16 heavy (non-hydrogen) atoms. The van der Waals surface area contributed by atoms with E-state index in [1.165, 1.54) is 0 Å². The van der Waals surface area contributed by atoms with Gasteiger partial charge in [0.1, 0.15) is 5.76 Å². The summed E-state index contributed by atoms with van der Waals surface area (Å²) in [5.41, 5.74) is 2.08. The molecule has 0 aliphatic carbocycles. The Balaban J connectivity index is 1.84. The van der Waals surface area contributed by atoms with Crippen LogP contribution in [0.4, 0.5) is 0 Å². The number of aromatic nitrogens is 1. The molecule has 1 aromatic carbocycles. The molecule has 1 N–H and O–H groups in total. The van der Waals surface area contributed by atoms with Crippen molar-refractivity contribution < 1.29 is 4.52 Å². The Morgan fingerprint density at radius 1 is 1.31 bits per heavy atom. The van der Waals surface area contributed by atoms with E-state index in [2.05, 4.69) is 10.5 Å². The zero-order chi connectivity index (χ0) is 11.4. The van der Waals surface area contributed by atoms with Gasteiger partial charge in [-0.2, -0.15) is 0 Å². The molecule has 2 aromatic rings. The molecule has 4 heteroatoms. The normalized spacial score (nSPS) is 10.6. The lowest BCUT2D eigenvalue weighted by Crippen LogP contribution is -2.12. The molecular weight excluding hydrogens is 224 g/mol. The highest BCUT2D eigenvalue weighted by atomic mass is 35.5. The van der Waals surface area contributed by atoms with E-state index < -0.39 is 0 Å². The van der Waals surface area contributed by atoms with Crippen LogP contribution < -0.4 is 5.32 Å². The minimum absolute atomic E-state index is 0.698. The van der Waals surface area contributed by atoms with Gasteiger partial charge in [0.15, 0.2) is 0 Å². The van der Waals surface area contributed by atoms with Gasteiger partial charge in [-0.05, 0) is 24.6 Å². The van der Waals surface area contributed by atoms with E-state index in [0.717, 1.165) is 28.6 Å². The first-order valence-corrected chi connectivity index (χ1v) is 5.49. The summed E-state index contributed by atoms with van der Waals surface area (Å²) in [6.45, 7) is 3.35. The minimum Gasteiger partial charge on any atom is -0.361 e. The van der Waals surface area contributed by atoms with Gasteiger partial charge in [-0.25, -0.2) is 0 Å². The summed E-state index contributed by atoms with van der Waals surface area (Å²) in [5, 5.41) is 7.94. The summed E-state index contributed by atoms with van der Waals surface area (Å²) in [5.74, 6) is 0.833. The highest BCUT2D eigenvalue weighted by Crippen LogP contribution is 2.10. The summed E-state index contributed by atoms with van der Waals surface area (Å²) >= 11 is 5.89. The summed E-state index contributed by atoms with van der Waals surface area (Å²) < 4.78 is 4.98. The molecule has 2 rings (SSSR count). The van der Waals surface area contributed by atoms with Crippen molar-refractivity contribution in [2.24, 2.45) is 0 Å². The van der Waals surface area contributed by atoms with Gasteiger partial charge in [0, 0.05) is 24.2 Å². The highest BCUT2D eigenvalue weighted by Gasteiger charge is 1.99. The molecule has 0 aliphatic heterocycles. The van der Waals surface area contributed by atoms with E-state index >= 15 is 0 Å². The molecule has 0 bridgehead atoms. The maximum atomic E-state index is 5.89. The average molecular weight is 237 g/mol. The van der Waals surface area contributed by atoms with E-state index in [9.17, 15) is 0 Å². The van der Waals surface area contributed by atoms with Gasteiger partial charge in [-0.1, -0.05) is 28.9 Å². The number of nitrogens with one attached hydrogen (secondary N) is 1. The van der Waals surface area contributed by atoms with Crippen LogP contribution in [0.1, 0.15) is 17.0 Å². The van der Waals surface area contributed by atoms with Crippen molar-refractivity contribution in [1.29, 1.82) is 0 Å². The molecular formula is C12H13ClN2O. The maximum Gasteiger partial charge on any atom is 0.133 e. The number of hydrogen-bond donors (Lipinski definition) is 1. The van der Waals surface area contributed by atoms with Crippen molar-refractivity contribution in [2.75, 3.05) is 0 Å². The van der Waals surface area contributed by atoms with Crippen LogP contribution >= 0.6 is 11.6 Å². The standard InChI is InChI=1S/C12H13ClN2O/c1-9-5-12(15-16-9)8-14-7-10-3-2-4-11(13)6-10/h2-6,14H,7-8H2,1H3. The fourth-order valence-corrected chi connectivity index (χ4v) is 1.70. The van der Waals surface area contributed by atoms with E-state index in [4.69, 9.17) is 16.1 Å². The molecule has 0 amide bonds. The van der Waals surface area contributed by atoms with Crippen LogP contribution in [0.15, 0.2) is 34.9 Å². The van der Waals surface area contributed by atoms with Crippen molar-refractivity contribution in [3.05, 3.63) is 52.4 Å². The van der Waals surface area contributed by atoms with Crippen molar-refractivity contribution in [3.8, 4) is 0 Å². The topological polar surface area (TPSA) is 38.1 Å². The molecule has 0 saturated heterocycles. The number of rotatable bonds is 4. The predicted molar refractivity (Wildman–Crippen MR) is 63.2 cm³/mol. The van der Waals surface area contributed by atoms with E-state index in [1.54, 1.807) is 0 Å². The largest absolute Gasteiger partial charge is 0.361 e. The zero-order valence-electron chi connectivity index (χ0n) is 9.03. The molecule has 1 aromatic heterocycles. The Hall–Kier alpha value is -1.32. The fourth-order valence-electron chi connectivity index (χ4n) is 1.48. The molecule has 0 atom stereocenters. The highest BCUT2D eigenvalue weighted by molar-refractivity contribution is 6.30. The number of hydrogen-bond acceptors (Lipinski definition) is 3. The van der Waals surface area contributed by atoms with Crippen LogP contribution in [-0.4, -0.2) is 5.16 Å². The van der Waals surface area contributed by atoms with Crippen LogP contribution in [0.2, 0.25) is 5.02 Å². The monoisotopic (exact) mass is 236 g/mol. The van der Waals surface area contributed by atoms with Crippen molar-refractivity contribution in [3.63, 3.8) is 0 Å². The van der Waals surface area contributed by atoms with Crippen LogP contribution in [0.3, 0.4) is 0 Å². The molecule has 0 radical (unpaired) electrons. The van der Waals surface area contributed by atoms with E-state index in [0.29, 0.717) is 6.54 Å². The second kappa shape index (κ2) is 5.14. The van der Waals surface area contributed by atoms with Crippen molar-refractivity contribution in [1.82, 2.24) is 10.5 Å². The van der Waals surface area contributed by atoms with Crippen LogP contribution in [-0.2, 0) is 13.1 Å². The Kier molecular flexibility index (Phi) is 3.59. The third kappa shape index (κ3) is 3.08.